The van der Waals surface area contributed by atoms with Crippen LogP contribution in [-0.2, 0) is 0 Å². The van der Waals surface area contributed by atoms with Crippen LogP contribution in [0.4, 0.5) is 11.4 Å². The SMILES string of the molecule is CC(Nc1ccc(C(N)=O)cc1[N+](=O)[O-])c1ccc(Br)cc1. The number of primary amides is 1. The van der Waals surface area contributed by atoms with Gasteiger partial charge in [0, 0.05) is 22.1 Å². The van der Waals surface area contributed by atoms with E-state index in [0.29, 0.717) is 5.69 Å². The molecule has 0 aliphatic heterocycles. The van der Waals surface area contributed by atoms with Crippen molar-refractivity contribution in [1.82, 2.24) is 0 Å². The van der Waals surface area contributed by atoms with E-state index in [1.807, 2.05) is 31.2 Å². The molecule has 2 rings (SSSR count). The highest BCUT2D eigenvalue weighted by Crippen LogP contribution is 2.29. The molecule has 1 unspecified atom stereocenters. The Bertz CT molecular complexity index is 716. The predicted octanol–water partition coefficient (Wildman–Crippen LogP) is 3.63. The maximum absolute atomic E-state index is 11.2. The van der Waals surface area contributed by atoms with E-state index in [1.54, 1.807) is 0 Å². The Hall–Kier alpha value is -2.41. The molecule has 0 fully saturated rings. The molecular formula is C15H14BrN3O3. The van der Waals surface area contributed by atoms with E-state index in [1.165, 1.54) is 18.2 Å². The molecule has 2 aromatic carbocycles. The van der Waals surface area contributed by atoms with Crippen LogP contribution in [0.3, 0.4) is 0 Å². The molecule has 22 heavy (non-hydrogen) atoms. The van der Waals surface area contributed by atoms with Crippen LogP contribution in [0, 0.1) is 10.1 Å². The Morgan fingerprint density at radius 2 is 1.91 bits per heavy atom. The van der Waals surface area contributed by atoms with Crippen molar-refractivity contribution >= 4 is 33.2 Å². The number of anilines is 1. The molecule has 0 bridgehead atoms. The second-order valence-electron chi connectivity index (χ2n) is 4.77. The fourth-order valence-corrected chi connectivity index (χ4v) is 2.29. The number of rotatable bonds is 5. The molecule has 0 saturated heterocycles. The first-order valence-electron chi connectivity index (χ1n) is 6.48. The molecule has 0 spiro atoms. The molecule has 6 nitrogen and oxygen atoms in total. The lowest BCUT2D eigenvalue weighted by Crippen LogP contribution is -2.13. The first-order valence-corrected chi connectivity index (χ1v) is 7.28. The lowest BCUT2D eigenvalue weighted by molar-refractivity contribution is -0.384. The van der Waals surface area contributed by atoms with Crippen LogP contribution in [0.25, 0.3) is 0 Å². The first-order chi connectivity index (χ1) is 10.4. The third kappa shape index (κ3) is 3.62. The summed E-state index contributed by atoms with van der Waals surface area (Å²) < 4.78 is 0.959. The quantitative estimate of drug-likeness (QED) is 0.625. The number of nitro benzene ring substituents is 1. The number of nitrogens with two attached hydrogens (primary N) is 1. The van der Waals surface area contributed by atoms with Gasteiger partial charge in [0.25, 0.3) is 5.69 Å². The van der Waals surface area contributed by atoms with Gasteiger partial charge in [0.05, 0.1) is 4.92 Å². The van der Waals surface area contributed by atoms with Gasteiger partial charge in [0.15, 0.2) is 0 Å². The van der Waals surface area contributed by atoms with E-state index in [2.05, 4.69) is 21.2 Å². The van der Waals surface area contributed by atoms with E-state index in [9.17, 15) is 14.9 Å². The van der Waals surface area contributed by atoms with E-state index < -0.39 is 10.8 Å². The fraction of sp³-hybridized carbons (Fsp3) is 0.133. The number of carbonyl (C=O) groups is 1. The van der Waals surface area contributed by atoms with Crippen LogP contribution < -0.4 is 11.1 Å². The molecule has 114 valence electrons. The minimum absolute atomic E-state index is 0.105. The highest BCUT2D eigenvalue weighted by atomic mass is 79.9. The minimum Gasteiger partial charge on any atom is -0.373 e. The number of benzene rings is 2. The van der Waals surface area contributed by atoms with Crippen molar-refractivity contribution in [3.05, 3.63) is 68.2 Å². The molecule has 0 saturated carbocycles. The number of hydrogen-bond donors (Lipinski definition) is 2. The average Bonchev–Trinajstić information content (AvgIpc) is 2.47. The predicted molar refractivity (Wildman–Crippen MR) is 87.8 cm³/mol. The van der Waals surface area contributed by atoms with Crippen molar-refractivity contribution in [2.24, 2.45) is 5.73 Å². The Labute approximate surface area is 135 Å². The Balaban J connectivity index is 2.30. The number of hydrogen-bond acceptors (Lipinski definition) is 4. The normalized spacial score (nSPS) is 11.7. The summed E-state index contributed by atoms with van der Waals surface area (Å²) in [6, 6.07) is 11.7. The van der Waals surface area contributed by atoms with Gasteiger partial charge in [-0.2, -0.15) is 0 Å². The van der Waals surface area contributed by atoms with Crippen molar-refractivity contribution in [1.29, 1.82) is 0 Å². The summed E-state index contributed by atoms with van der Waals surface area (Å²) in [5, 5.41) is 14.3. The van der Waals surface area contributed by atoms with E-state index in [-0.39, 0.29) is 17.3 Å². The first kappa shape index (κ1) is 16.0. The number of carbonyl (C=O) groups excluding carboxylic acids is 1. The van der Waals surface area contributed by atoms with Gasteiger partial charge >= 0.3 is 0 Å². The van der Waals surface area contributed by atoms with E-state index in [0.717, 1.165) is 10.0 Å². The fourth-order valence-electron chi connectivity index (χ4n) is 2.03. The van der Waals surface area contributed by atoms with Crippen LogP contribution in [0.2, 0.25) is 0 Å². The zero-order valence-corrected chi connectivity index (χ0v) is 13.3. The number of nitrogens with one attached hydrogen (secondary N) is 1. The Kier molecular flexibility index (Phi) is 4.77. The minimum atomic E-state index is -0.699. The molecule has 7 heteroatoms. The number of halogens is 1. The maximum atomic E-state index is 11.2. The van der Waals surface area contributed by atoms with Gasteiger partial charge in [0.1, 0.15) is 5.69 Å². The maximum Gasteiger partial charge on any atom is 0.293 e. The van der Waals surface area contributed by atoms with Crippen molar-refractivity contribution in [2.75, 3.05) is 5.32 Å². The Morgan fingerprint density at radius 1 is 1.27 bits per heavy atom. The summed E-state index contributed by atoms with van der Waals surface area (Å²) in [5.41, 5.74) is 6.40. The van der Waals surface area contributed by atoms with Crippen LogP contribution in [-0.4, -0.2) is 10.8 Å². The number of amides is 1. The van der Waals surface area contributed by atoms with Crippen molar-refractivity contribution in [3.8, 4) is 0 Å². The van der Waals surface area contributed by atoms with Gasteiger partial charge in [-0.25, -0.2) is 0 Å². The van der Waals surface area contributed by atoms with Crippen molar-refractivity contribution in [2.45, 2.75) is 13.0 Å². The lowest BCUT2D eigenvalue weighted by atomic mass is 10.1. The summed E-state index contributed by atoms with van der Waals surface area (Å²) in [4.78, 5) is 21.8. The van der Waals surface area contributed by atoms with E-state index in [4.69, 9.17) is 5.73 Å². The summed E-state index contributed by atoms with van der Waals surface area (Å²) in [6.07, 6.45) is 0. The second kappa shape index (κ2) is 6.57. The zero-order chi connectivity index (χ0) is 16.3. The van der Waals surface area contributed by atoms with E-state index >= 15 is 0 Å². The molecule has 0 aliphatic rings. The monoisotopic (exact) mass is 363 g/mol. The third-order valence-electron chi connectivity index (χ3n) is 3.22. The summed E-state index contributed by atoms with van der Waals surface area (Å²) >= 11 is 3.36. The third-order valence-corrected chi connectivity index (χ3v) is 3.75. The summed E-state index contributed by atoms with van der Waals surface area (Å²) in [5.74, 6) is -0.699. The van der Waals surface area contributed by atoms with Crippen molar-refractivity contribution in [3.63, 3.8) is 0 Å². The molecule has 3 N–H and O–H groups in total. The standard InChI is InChI=1S/C15H14BrN3O3/c1-9(10-2-5-12(16)6-3-10)18-13-7-4-11(15(17)20)8-14(13)19(21)22/h2-9,18H,1H3,(H2,17,20). The Morgan fingerprint density at radius 3 is 2.45 bits per heavy atom. The molecule has 0 aliphatic carbocycles. The molecule has 0 aromatic heterocycles. The van der Waals surface area contributed by atoms with Gasteiger partial charge in [-0.3, -0.25) is 14.9 Å². The number of nitrogens with zero attached hydrogens (tertiary/aromatic N) is 1. The van der Waals surface area contributed by atoms with Crippen LogP contribution in [0.15, 0.2) is 46.9 Å². The molecule has 0 heterocycles. The molecule has 1 amide bonds. The summed E-state index contributed by atoms with van der Waals surface area (Å²) in [6.45, 7) is 1.90. The lowest BCUT2D eigenvalue weighted by Gasteiger charge is -2.16. The highest BCUT2D eigenvalue weighted by molar-refractivity contribution is 9.10. The molecule has 2 aromatic rings. The average molecular weight is 364 g/mol. The van der Waals surface area contributed by atoms with Gasteiger partial charge in [-0.1, -0.05) is 28.1 Å². The molecular weight excluding hydrogens is 350 g/mol. The number of nitro groups is 1. The van der Waals surface area contributed by atoms with Crippen LogP contribution >= 0.6 is 15.9 Å². The van der Waals surface area contributed by atoms with Gasteiger partial charge < -0.3 is 11.1 Å². The van der Waals surface area contributed by atoms with Crippen LogP contribution in [0.1, 0.15) is 28.9 Å². The highest BCUT2D eigenvalue weighted by Gasteiger charge is 2.18. The second-order valence-corrected chi connectivity index (χ2v) is 5.69. The zero-order valence-electron chi connectivity index (χ0n) is 11.7. The molecule has 1 atom stereocenters. The van der Waals surface area contributed by atoms with Gasteiger partial charge in [-0.05, 0) is 36.8 Å². The molecule has 0 radical (unpaired) electrons. The smallest absolute Gasteiger partial charge is 0.293 e. The van der Waals surface area contributed by atoms with Gasteiger partial charge in [0.2, 0.25) is 5.91 Å². The summed E-state index contributed by atoms with van der Waals surface area (Å²) in [7, 11) is 0. The largest absolute Gasteiger partial charge is 0.373 e. The van der Waals surface area contributed by atoms with Gasteiger partial charge in [-0.15, -0.1) is 0 Å². The van der Waals surface area contributed by atoms with Crippen LogP contribution in [0.5, 0.6) is 0 Å². The van der Waals surface area contributed by atoms with Crippen molar-refractivity contribution < 1.29 is 9.72 Å². The topological polar surface area (TPSA) is 98.3 Å².